The zero-order valence-electron chi connectivity index (χ0n) is 17.8. The molecule has 1 aliphatic rings. The first-order chi connectivity index (χ1) is 15.0. The maximum absolute atomic E-state index is 11.6. The first-order valence-corrected chi connectivity index (χ1v) is 10.8. The molecule has 1 fully saturated rings. The van der Waals surface area contributed by atoms with E-state index in [2.05, 4.69) is 27.5 Å². The number of benzene rings is 1. The highest BCUT2D eigenvalue weighted by atomic mass is 35.5. The molecule has 4 rings (SSSR count). The molecule has 3 aromatic rings. The number of likely N-dealkylation sites (tertiary alicyclic amines) is 1. The molecule has 0 spiro atoms. The van der Waals surface area contributed by atoms with Crippen LogP contribution < -0.4 is 5.73 Å². The standard InChI is InChI=1S/C24H26ClN5O/c1-16(7-11-27-2)23-22(17-9-13-29(14-10-17)24(26)31)20-8-12-28-15-21(20)30(23)19-5-3-18(25)4-6-19/h3-8,11-12,15,17H,9-10,13-14H2,1-2H3,(H2,26,31)/b16-7+,27-11?. The predicted octanol–water partition coefficient (Wildman–Crippen LogP) is 5.04. The number of primary amides is 1. The van der Waals surface area contributed by atoms with E-state index in [1.807, 2.05) is 48.9 Å². The van der Waals surface area contributed by atoms with Gasteiger partial charge in [-0.15, -0.1) is 0 Å². The smallest absolute Gasteiger partial charge is 0.314 e. The highest BCUT2D eigenvalue weighted by molar-refractivity contribution is 6.30. The van der Waals surface area contributed by atoms with Crippen molar-refractivity contribution in [1.82, 2.24) is 14.5 Å². The highest BCUT2D eigenvalue weighted by Crippen LogP contribution is 2.41. The summed E-state index contributed by atoms with van der Waals surface area (Å²) in [5.41, 5.74) is 11.1. The number of aliphatic imine (C=N–C) groups is 1. The summed E-state index contributed by atoms with van der Waals surface area (Å²) in [4.78, 5) is 21.9. The number of hydrogen-bond donors (Lipinski definition) is 1. The molecule has 160 valence electrons. The lowest BCUT2D eigenvalue weighted by molar-refractivity contribution is 0.191. The molecule has 0 atom stereocenters. The van der Waals surface area contributed by atoms with Gasteiger partial charge in [0.15, 0.2) is 0 Å². The number of pyridine rings is 1. The van der Waals surface area contributed by atoms with Gasteiger partial charge in [0.05, 0.1) is 17.4 Å². The number of nitrogens with zero attached hydrogens (tertiary/aromatic N) is 4. The normalized spacial score (nSPS) is 15.8. The second-order valence-corrected chi connectivity index (χ2v) is 8.26. The fourth-order valence-corrected chi connectivity index (χ4v) is 4.60. The minimum absolute atomic E-state index is 0.311. The number of allylic oxidation sites excluding steroid dienone is 2. The summed E-state index contributed by atoms with van der Waals surface area (Å²) >= 11 is 6.16. The van der Waals surface area contributed by atoms with Crippen molar-refractivity contribution in [3.05, 3.63) is 65.1 Å². The van der Waals surface area contributed by atoms with Gasteiger partial charge < -0.3 is 15.2 Å². The van der Waals surface area contributed by atoms with Gasteiger partial charge in [-0.2, -0.15) is 0 Å². The van der Waals surface area contributed by atoms with Crippen molar-refractivity contribution in [3.8, 4) is 5.69 Å². The number of carbonyl (C=O) groups excluding carboxylic acids is 1. The third kappa shape index (κ3) is 4.08. The number of fused-ring (bicyclic) bond motifs is 1. The molecule has 3 heterocycles. The van der Waals surface area contributed by atoms with Crippen molar-refractivity contribution in [3.63, 3.8) is 0 Å². The van der Waals surface area contributed by atoms with Crippen LogP contribution in [-0.4, -0.2) is 46.8 Å². The van der Waals surface area contributed by atoms with Crippen LogP contribution in [0.3, 0.4) is 0 Å². The molecular formula is C24H26ClN5O. The fraction of sp³-hybridized carbons (Fsp3) is 0.292. The summed E-state index contributed by atoms with van der Waals surface area (Å²) < 4.78 is 2.25. The highest BCUT2D eigenvalue weighted by Gasteiger charge is 2.29. The van der Waals surface area contributed by atoms with Crippen LogP contribution in [0.4, 0.5) is 4.79 Å². The molecule has 1 aromatic carbocycles. The van der Waals surface area contributed by atoms with E-state index >= 15 is 0 Å². The van der Waals surface area contributed by atoms with Crippen molar-refractivity contribution < 1.29 is 4.79 Å². The molecule has 1 saturated heterocycles. The second kappa shape index (κ2) is 8.94. The van der Waals surface area contributed by atoms with Crippen LogP contribution >= 0.6 is 11.6 Å². The van der Waals surface area contributed by atoms with Gasteiger partial charge in [-0.3, -0.25) is 9.98 Å². The molecule has 1 aliphatic heterocycles. The summed E-state index contributed by atoms with van der Waals surface area (Å²) in [7, 11) is 1.77. The second-order valence-electron chi connectivity index (χ2n) is 7.82. The number of amides is 2. The van der Waals surface area contributed by atoms with Crippen molar-refractivity contribution in [2.75, 3.05) is 20.1 Å². The largest absolute Gasteiger partial charge is 0.351 e. The van der Waals surface area contributed by atoms with Crippen LogP contribution in [0.5, 0.6) is 0 Å². The molecule has 6 nitrogen and oxygen atoms in total. The summed E-state index contributed by atoms with van der Waals surface area (Å²) in [6, 6.07) is 9.60. The van der Waals surface area contributed by atoms with E-state index in [1.54, 1.807) is 11.9 Å². The van der Waals surface area contributed by atoms with Crippen LogP contribution in [0, 0.1) is 0 Å². The monoisotopic (exact) mass is 435 g/mol. The minimum Gasteiger partial charge on any atom is -0.351 e. The SMILES string of the molecule is CN=C/C=C(\C)c1c(C2CCN(C(N)=O)CC2)c2ccncc2n1-c1ccc(Cl)cc1. The summed E-state index contributed by atoms with van der Waals surface area (Å²) in [6.45, 7) is 3.44. The Morgan fingerprint density at radius 1 is 1.23 bits per heavy atom. The molecule has 2 amide bonds. The summed E-state index contributed by atoms with van der Waals surface area (Å²) in [5.74, 6) is 0.311. The number of halogens is 1. The number of nitrogens with two attached hydrogens (primary N) is 1. The molecule has 2 N–H and O–H groups in total. The van der Waals surface area contributed by atoms with E-state index in [0.29, 0.717) is 24.0 Å². The van der Waals surface area contributed by atoms with Gasteiger partial charge in [0.2, 0.25) is 0 Å². The lowest BCUT2D eigenvalue weighted by Crippen LogP contribution is -2.41. The first kappa shape index (κ1) is 21.1. The van der Waals surface area contributed by atoms with Crippen LogP contribution in [0.25, 0.3) is 22.2 Å². The molecular weight excluding hydrogens is 410 g/mol. The number of piperidine rings is 1. The Morgan fingerprint density at radius 3 is 2.58 bits per heavy atom. The quantitative estimate of drug-likeness (QED) is 0.582. The van der Waals surface area contributed by atoms with Crippen LogP contribution in [0.2, 0.25) is 5.02 Å². The van der Waals surface area contributed by atoms with Gasteiger partial charge in [0, 0.05) is 48.6 Å². The number of urea groups is 1. The zero-order chi connectivity index (χ0) is 22.0. The van der Waals surface area contributed by atoms with Crippen molar-refractivity contribution in [2.45, 2.75) is 25.7 Å². The number of aromatic nitrogens is 2. The Balaban J connectivity index is 1.94. The predicted molar refractivity (Wildman–Crippen MR) is 127 cm³/mol. The van der Waals surface area contributed by atoms with Gasteiger partial charge in [-0.25, -0.2) is 4.79 Å². The average molecular weight is 436 g/mol. The average Bonchev–Trinajstić information content (AvgIpc) is 3.13. The van der Waals surface area contributed by atoms with E-state index in [0.717, 1.165) is 35.3 Å². The molecule has 7 heteroatoms. The topological polar surface area (TPSA) is 76.5 Å². The molecule has 0 saturated carbocycles. The zero-order valence-corrected chi connectivity index (χ0v) is 18.5. The minimum atomic E-state index is -0.346. The fourth-order valence-electron chi connectivity index (χ4n) is 4.47. The molecule has 0 radical (unpaired) electrons. The Kier molecular flexibility index (Phi) is 6.09. The lowest BCUT2D eigenvalue weighted by atomic mass is 9.86. The molecule has 31 heavy (non-hydrogen) atoms. The molecule has 2 aromatic heterocycles. The van der Waals surface area contributed by atoms with E-state index in [4.69, 9.17) is 17.3 Å². The van der Waals surface area contributed by atoms with Crippen molar-refractivity contribution in [1.29, 1.82) is 0 Å². The molecule has 0 aliphatic carbocycles. The third-order valence-electron chi connectivity index (χ3n) is 5.96. The van der Waals surface area contributed by atoms with Gasteiger partial charge >= 0.3 is 6.03 Å². The lowest BCUT2D eigenvalue weighted by Gasteiger charge is -2.31. The number of hydrogen-bond acceptors (Lipinski definition) is 3. The molecule has 0 bridgehead atoms. The maximum Gasteiger partial charge on any atom is 0.314 e. The van der Waals surface area contributed by atoms with Gasteiger partial charge in [0.1, 0.15) is 0 Å². The van der Waals surface area contributed by atoms with Crippen LogP contribution in [0.15, 0.2) is 53.8 Å². The van der Waals surface area contributed by atoms with Gasteiger partial charge in [-0.05, 0) is 73.2 Å². The van der Waals surface area contributed by atoms with Crippen molar-refractivity contribution in [2.24, 2.45) is 10.7 Å². The number of carbonyl (C=O) groups is 1. The van der Waals surface area contributed by atoms with E-state index < -0.39 is 0 Å². The Hall–Kier alpha value is -3.12. The van der Waals surface area contributed by atoms with Crippen molar-refractivity contribution >= 4 is 40.3 Å². The Morgan fingerprint density at radius 2 is 1.94 bits per heavy atom. The maximum atomic E-state index is 11.6. The Bertz CT molecular complexity index is 1150. The van der Waals surface area contributed by atoms with Crippen LogP contribution in [-0.2, 0) is 0 Å². The van der Waals surface area contributed by atoms with E-state index in [9.17, 15) is 4.79 Å². The summed E-state index contributed by atoms with van der Waals surface area (Å²) in [6.07, 6.45) is 9.34. The van der Waals surface area contributed by atoms with Gasteiger partial charge in [-0.1, -0.05) is 11.6 Å². The van der Waals surface area contributed by atoms with Crippen LogP contribution in [0.1, 0.15) is 36.9 Å². The third-order valence-corrected chi connectivity index (χ3v) is 6.21. The molecule has 0 unspecified atom stereocenters. The van der Waals surface area contributed by atoms with Gasteiger partial charge in [0.25, 0.3) is 0 Å². The van der Waals surface area contributed by atoms with E-state index in [1.165, 1.54) is 10.9 Å². The summed E-state index contributed by atoms with van der Waals surface area (Å²) in [5, 5.41) is 1.88. The first-order valence-electron chi connectivity index (χ1n) is 10.4. The van der Waals surface area contributed by atoms with E-state index in [-0.39, 0.29) is 6.03 Å². The number of rotatable bonds is 4. The Labute approximate surface area is 187 Å².